The zero-order valence-electron chi connectivity index (χ0n) is 14.6. The van der Waals surface area contributed by atoms with E-state index in [1.165, 1.54) is 32.1 Å². The lowest BCUT2D eigenvalue weighted by atomic mass is 9.98. The second kappa shape index (κ2) is 12.7. The van der Waals surface area contributed by atoms with Crippen molar-refractivity contribution in [2.45, 2.75) is 63.2 Å². The van der Waals surface area contributed by atoms with Crippen LogP contribution >= 0.6 is 35.7 Å². The van der Waals surface area contributed by atoms with Crippen LogP contribution < -0.4 is 10.6 Å². The van der Waals surface area contributed by atoms with E-state index >= 15 is 0 Å². The Labute approximate surface area is 158 Å². The topological polar surface area (TPSA) is 45.7 Å². The predicted molar refractivity (Wildman–Crippen MR) is 110 cm³/mol. The molecule has 1 fully saturated rings. The van der Waals surface area contributed by atoms with Crippen LogP contribution in [0.5, 0.6) is 0 Å². The van der Waals surface area contributed by atoms with Gasteiger partial charge in [-0.25, -0.2) is 0 Å². The third-order valence-corrected chi connectivity index (χ3v) is 5.23. The fraction of sp³-hybridized carbons (Fsp3) is 0.938. The molecule has 0 aromatic carbocycles. The van der Waals surface area contributed by atoms with Crippen molar-refractivity contribution in [1.29, 1.82) is 0 Å². The quantitative estimate of drug-likeness (QED) is 0.260. The van der Waals surface area contributed by atoms with Crippen LogP contribution in [0.25, 0.3) is 0 Å². The third-order valence-electron chi connectivity index (χ3n) is 3.98. The number of halogens is 1. The molecule has 0 amide bonds. The summed E-state index contributed by atoms with van der Waals surface area (Å²) in [6, 6.07) is 0. The SMILES string of the molecule is CN=C(NCCCOC1CCCCC1)NCC(C)(C)SC.I. The van der Waals surface area contributed by atoms with Gasteiger partial charge in [0.05, 0.1) is 6.10 Å². The Morgan fingerprint density at radius 3 is 2.50 bits per heavy atom. The summed E-state index contributed by atoms with van der Waals surface area (Å²) in [6.45, 7) is 7.13. The summed E-state index contributed by atoms with van der Waals surface area (Å²) in [5, 5.41) is 6.73. The van der Waals surface area contributed by atoms with Crippen LogP contribution in [0, 0.1) is 0 Å². The van der Waals surface area contributed by atoms with Crippen LogP contribution in [-0.4, -0.2) is 49.8 Å². The van der Waals surface area contributed by atoms with E-state index in [1.807, 2.05) is 18.8 Å². The number of hydrogen-bond donors (Lipinski definition) is 2. The van der Waals surface area contributed by atoms with Gasteiger partial charge in [-0.05, 0) is 39.4 Å². The molecule has 6 heteroatoms. The highest BCUT2D eigenvalue weighted by atomic mass is 127. The van der Waals surface area contributed by atoms with E-state index in [1.54, 1.807) is 0 Å². The first-order valence-corrected chi connectivity index (χ1v) is 9.41. The van der Waals surface area contributed by atoms with Gasteiger partial charge in [0.15, 0.2) is 5.96 Å². The van der Waals surface area contributed by atoms with Gasteiger partial charge in [-0.15, -0.1) is 24.0 Å². The Balaban J connectivity index is 0.00000441. The summed E-state index contributed by atoms with van der Waals surface area (Å²) in [5.41, 5.74) is 0. The van der Waals surface area contributed by atoms with Gasteiger partial charge in [-0.3, -0.25) is 4.99 Å². The van der Waals surface area contributed by atoms with E-state index in [0.717, 1.165) is 32.1 Å². The average molecular weight is 443 g/mol. The first-order chi connectivity index (χ1) is 10.1. The third kappa shape index (κ3) is 10.2. The van der Waals surface area contributed by atoms with Crippen molar-refractivity contribution in [3.63, 3.8) is 0 Å². The number of nitrogens with one attached hydrogen (secondary N) is 2. The normalized spacial score (nSPS) is 17.0. The Morgan fingerprint density at radius 1 is 1.23 bits per heavy atom. The molecule has 4 nitrogen and oxygen atoms in total. The molecule has 1 rings (SSSR count). The van der Waals surface area contributed by atoms with Gasteiger partial charge >= 0.3 is 0 Å². The van der Waals surface area contributed by atoms with Crippen LogP contribution in [0.2, 0.25) is 0 Å². The van der Waals surface area contributed by atoms with E-state index in [-0.39, 0.29) is 28.7 Å². The molecule has 0 aromatic heterocycles. The van der Waals surface area contributed by atoms with Gasteiger partial charge in [-0.1, -0.05) is 19.3 Å². The monoisotopic (exact) mass is 443 g/mol. The second-order valence-electron chi connectivity index (χ2n) is 6.30. The largest absolute Gasteiger partial charge is 0.378 e. The van der Waals surface area contributed by atoms with E-state index < -0.39 is 0 Å². The summed E-state index contributed by atoms with van der Waals surface area (Å²) in [7, 11) is 1.82. The number of aliphatic imine (C=N–C) groups is 1. The van der Waals surface area contributed by atoms with E-state index in [9.17, 15) is 0 Å². The summed E-state index contributed by atoms with van der Waals surface area (Å²) < 4.78 is 6.15. The molecule has 0 bridgehead atoms. The van der Waals surface area contributed by atoms with Gasteiger partial charge in [-0.2, -0.15) is 11.8 Å². The molecule has 22 heavy (non-hydrogen) atoms. The summed E-state index contributed by atoms with van der Waals surface area (Å²) in [6.07, 6.45) is 10.2. The van der Waals surface area contributed by atoms with Crippen molar-refractivity contribution >= 4 is 41.7 Å². The van der Waals surface area contributed by atoms with Gasteiger partial charge in [0.1, 0.15) is 0 Å². The van der Waals surface area contributed by atoms with Gasteiger partial charge in [0, 0.05) is 31.5 Å². The fourth-order valence-corrected chi connectivity index (χ4v) is 2.57. The van der Waals surface area contributed by atoms with E-state index in [2.05, 4.69) is 35.7 Å². The van der Waals surface area contributed by atoms with Crippen molar-refractivity contribution in [3.8, 4) is 0 Å². The molecule has 0 aliphatic heterocycles. The first-order valence-electron chi connectivity index (χ1n) is 8.18. The summed E-state index contributed by atoms with van der Waals surface area (Å²) in [5.74, 6) is 0.884. The summed E-state index contributed by atoms with van der Waals surface area (Å²) in [4.78, 5) is 4.26. The Hall–Kier alpha value is 0.310. The number of ether oxygens (including phenoxy) is 1. The molecule has 2 N–H and O–H groups in total. The maximum absolute atomic E-state index is 5.93. The van der Waals surface area contributed by atoms with Crippen LogP contribution in [0.4, 0.5) is 0 Å². The highest BCUT2D eigenvalue weighted by molar-refractivity contribution is 14.0. The van der Waals surface area contributed by atoms with E-state index in [0.29, 0.717) is 6.10 Å². The lowest BCUT2D eigenvalue weighted by Crippen LogP contribution is -2.43. The maximum atomic E-state index is 5.93. The van der Waals surface area contributed by atoms with Crippen molar-refractivity contribution in [2.24, 2.45) is 4.99 Å². The molecule has 0 saturated heterocycles. The number of rotatable bonds is 8. The van der Waals surface area contributed by atoms with Gasteiger partial charge < -0.3 is 15.4 Å². The van der Waals surface area contributed by atoms with Crippen LogP contribution in [0.15, 0.2) is 4.99 Å². The minimum absolute atomic E-state index is 0. The minimum Gasteiger partial charge on any atom is -0.378 e. The molecule has 0 heterocycles. The smallest absolute Gasteiger partial charge is 0.191 e. The molecular formula is C16H34IN3OS. The minimum atomic E-state index is 0. The predicted octanol–water partition coefficient (Wildman–Crippen LogP) is 3.65. The van der Waals surface area contributed by atoms with Crippen molar-refractivity contribution in [3.05, 3.63) is 0 Å². The lowest BCUT2D eigenvalue weighted by molar-refractivity contribution is 0.0277. The highest BCUT2D eigenvalue weighted by Crippen LogP contribution is 2.20. The molecule has 1 aliphatic carbocycles. The highest BCUT2D eigenvalue weighted by Gasteiger charge is 2.16. The standard InChI is InChI=1S/C16H33N3OS.HI/c1-16(2,21-4)13-19-15(17-3)18-11-8-12-20-14-9-6-5-7-10-14;/h14H,5-13H2,1-4H3,(H2,17,18,19);1H. The zero-order valence-corrected chi connectivity index (χ0v) is 17.8. The molecule has 0 spiro atoms. The molecule has 132 valence electrons. The molecule has 0 unspecified atom stereocenters. The first kappa shape index (κ1) is 22.3. The number of guanidine groups is 1. The number of thioether (sulfide) groups is 1. The van der Waals surface area contributed by atoms with Crippen LogP contribution in [0.3, 0.4) is 0 Å². The van der Waals surface area contributed by atoms with Crippen LogP contribution in [0.1, 0.15) is 52.4 Å². The molecule has 0 atom stereocenters. The fourth-order valence-electron chi connectivity index (χ4n) is 2.35. The van der Waals surface area contributed by atoms with E-state index in [4.69, 9.17) is 4.74 Å². The Kier molecular flexibility index (Phi) is 12.9. The van der Waals surface area contributed by atoms with Crippen molar-refractivity contribution in [2.75, 3.05) is 33.0 Å². The van der Waals surface area contributed by atoms with Gasteiger partial charge in [0.25, 0.3) is 0 Å². The molecule has 0 aromatic rings. The molecule has 0 radical (unpaired) electrons. The lowest BCUT2D eigenvalue weighted by Gasteiger charge is -2.24. The Bertz CT molecular complexity index is 308. The zero-order chi connectivity index (χ0) is 15.6. The van der Waals surface area contributed by atoms with Gasteiger partial charge in [0.2, 0.25) is 0 Å². The maximum Gasteiger partial charge on any atom is 0.191 e. The number of nitrogens with zero attached hydrogens (tertiary/aromatic N) is 1. The van der Waals surface area contributed by atoms with Crippen molar-refractivity contribution in [1.82, 2.24) is 10.6 Å². The Morgan fingerprint density at radius 2 is 1.91 bits per heavy atom. The second-order valence-corrected chi connectivity index (χ2v) is 7.81. The molecule has 1 aliphatic rings. The van der Waals surface area contributed by atoms with Crippen molar-refractivity contribution < 1.29 is 4.74 Å². The summed E-state index contributed by atoms with van der Waals surface area (Å²) >= 11 is 1.86. The molecule has 1 saturated carbocycles. The molecular weight excluding hydrogens is 409 g/mol. The average Bonchev–Trinajstić information content (AvgIpc) is 2.51. The number of hydrogen-bond acceptors (Lipinski definition) is 3. The van der Waals surface area contributed by atoms with Crippen LogP contribution in [-0.2, 0) is 4.74 Å².